The van der Waals surface area contributed by atoms with Crippen molar-refractivity contribution in [3.63, 3.8) is 0 Å². The first-order valence-corrected chi connectivity index (χ1v) is 12.8. The van der Waals surface area contributed by atoms with Gasteiger partial charge in [0.05, 0.1) is 36.0 Å². The number of rotatable bonds is 7. The summed E-state index contributed by atoms with van der Waals surface area (Å²) in [5, 5.41) is 11.4. The molecule has 1 atom stereocenters. The first kappa shape index (κ1) is 21.6. The fraction of sp³-hybridized carbons (Fsp3) is 0.364. The lowest BCUT2D eigenvalue weighted by atomic mass is 10.1. The number of anilines is 1. The number of hydrogen-bond acceptors (Lipinski definition) is 6. The molecule has 9 heteroatoms. The van der Waals surface area contributed by atoms with E-state index in [1.807, 2.05) is 36.7 Å². The normalized spacial score (nSPS) is 17.2. The topological polar surface area (TPSA) is 93.1 Å². The smallest absolute Gasteiger partial charge is 0.214 e. The summed E-state index contributed by atoms with van der Waals surface area (Å²) in [7, 11) is -3.45. The quantitative estimate of drug-likeness (QED) is 0.588. The van der Waals surface area contributed by atoms with Crippen LogP contribution in [0.3, 0.4) is 0 Å². The van der Waals surface area contributed by atoms with Gasteiger partial charge in [-0.15, -0.1) is 11.3 Å². The van der Waals surface area contributed by atoms with E-state index in [-0.39, 0.29) is 18.3 Å². The van der Waals surface area contributed by atoms with E-state index in [4.69, 9.17) is 0 Å². The highest BCUT2D eigenvalue weighted by atomic mass is 32.2. The number of thiophene rings is 1. The van der Waals surface area contributed by atoms with Crippen molar-refractivity contribution >= 4 is 27.0 Å². The van der Waals surface area contributed by atoms with Gasteiger partial charge in [-0.1, -0.05) is 13.0 Å². The number of fused-ring (bicyclic) bond motifs is 1. The summed E-state index contributed by atoms with van der Waals surface area (Å²) in [6.45, 7) is 3.26. The van der Waals surface area contributed by atoms with Crippen molar-refractivity contribution < 1.29 is 8.42 Å². The number of nitriles is 1. The summed E-state index contributed by atoms with van der Waals surface area (Å²) >= 11 is 1.65. The van der Waals surface area contributed by atoms with Crippen LogP contribution in [-0.2, 0) is 29.5 Å². The summed E-state index contributed by atoms with van der Waals surface area (Å²) in [6, 6.07) is 11.6. The van der Waals surface area contributed by atoms with Crippen molar-refractivity contribution in [1.29, 1.82) is 5.26 Å². The number of nitrogens with zero attached hydrogens (tertiary/aromatic N) is 4. The highest BCUT2D eigenvalue weighted by Gasteiger charge is 2.35. The van der Waals surface area contributed by atoms with Crippen LogP contribution in [0.1, 0.15) is 35.0 Å². The molecule has 0 fully saturated rings. The Morgan fingerprint density at radius 3 is 2.90 bits per heavy atom. The van der Waals surface area contributed by atoms with Gasteiger partial charge in [-0.2, -0.15) is 9.57 Å². The van der Waals surface area contributed by atoms with Gasteiger partial charge in [-0.05, 0) is 41.6 Å². The molecule has 0 radical (unpaired) electrons. The molecular formula is C22H25N5O2S2. The second kappa shape index (κ2) is 9.22. The monoisotopic (exact) mass is 455 g/mol. The summed E-state index contributed by atoms with van der Waals surface area (Å²) in [5.74, 6) is 0.112. The number of nitrogens with one attached hydrogen (secondary N) is 1. The van der Waals surface area contributed by atoms with E-state index in [9.17, 15) is 13.7 Å². The van der Waals surface area contributed by atoms with Crippen LogP contribution in [0.4, 0.5) is 5.69 Å². The highest BCUT2D eigenvalue weighted by molar-refractivity contribution is 7.89. The SMILES string of the molecule is CCCS(=O)(=O)N1Cc2cc(C#N)ccc2N(Cc2c[nH]cn2)C[C@H]1Cc1cccs1. The Morgan fingerprint density at radius 1 is 1.35 bits per heavy atom. The maximum absolute atomic E-state index is 13.3. The fourth-order valence-corrected chi connectivity index (χ4v) is 6.54. The lowest BCUT2D eigenvalue weighted by molar-refractivity contribution is 0.319. The molecule has 2 aromatic heterocycles. The zero-order valence-electron chi connectivity index (χ0n) is 17.4. The van der Waals surface area contributed by atoms with Crippen molar-refractivity contribution in [3.05, 3.63) is 69.9 Å². The molecule has 0 saturated carbocycles. The summed E-state index contributed by atoms with van der Waals surface area (Å²) in [5.41, 5.74) is 3.22. The Morgan fingerprint density at radius 2 is 2.23 bits per heavy atom. The molecule has 4 rings (SSSR count). The van der Waals surface area contributed by atoms with Crippen LogP contribution in [0.15, 0.2) is 48.2 Å². The van der Waals surface area contributed by atoms with Gasteiger partial charge in [0.25, 0.3) is 0 Å². The number of benzene rings is 1. The summed E-state index contributed by atoms with van der Waals surface area (Å²) in [4.78, 5) is 10.7. The Bertz CT molecular complexity index is 1150. The van der Waals surface area contributed by atoms with Crippen LogP contribution in [-0.4, -0.2) is 41.0 Å². The minimum absolute atomic E-state index is 0.112. The van der Waals surface area contributed by atoms with Gasteiger partial charge in [-0.3, -0.25) is 0 Å². The average Bonchev–Trinajstić information content (AvgIpc) is 3.42. The van der Waals surface area contributed by atoms with E-state index in [0.717, 1.165) is 21.8 Å². The van der Waals surface area contributed by atoms with Crippen LogP contribution in [0.2, 0.25) is 0 Å². The number of imidazole rings is 1. The number of aromatic amines is 1. The van der Waals surface area contributed by atoms with Gasteiger partial charge in [0.15, 0.2) is 0 Å². The molecule has 1 aliphatic heterocycles. The molecule has 0 amide bonds. The van der Waals surface area contributed by atoms with Crippen LogP contribution >= 0.6 is 11.3 Å². The van der Waals surface area contributed by atoms with E-state index in [1.165, 1.54) is 0 Å². The minimum atomic E-state index is -3.45. The predicted molar refractivity (Wildman–Crippen MR) is 122 cm³/mol. The zero-order valence-corrected chi connectivity index (χ0v) is 19.0. The molecule has 0 spiro atoms. The molecule has 31 heavy (non-hydrogen) atoms. The van der Waals surface area contributed by atoms with Crippen molar-refractivity contribution in [3.8, 4) is 6.07 Å². The molecule has 0 saturated heterocycles. The van der Waals surface area contributed by atoms with Gasteiger partial charge in [0.2, 0.25) is 10.0 Å². The molecule has 3 heterocycles. The van der Waals surface area contributed by atoms with E-state index in [2.05, 4.69) is 27.0 Å². The van der Waals surface area contributed by atoms with Crippen molar-refractivity contribution in [2.45, 2.75) is 38.9 Å². The summed E-state index contributed by atoms with van der Waals surface area (Å²) < 4.78 is 28.2. The van der Waals surface area contributed by atoms with Gasteiger partial charge in [-0.25, -0.2) is 13.4 Å². The molecule has 0 unspecified atom stereocenters. The number of hydrogen-bond donors (Lipinski definition) is 1. The second-order valence-corrected chi connectivity index (χ2v) is 10.8. The van der Waals surface area contributed by atoms with Gasteiger partial charge in [0, 0.05) is 42.3 Å². The number of H-pyrrole nitrogens is 1. The molecule has 7 nitrogen and oxygen atoms in total. The largest absolute Gasteiger partial charge is 0.364 e. The minimum Gasteiger partial charge on any atom is -0.364 e. The number of aromatic nitrogens is 2. The van der Waals surface area contributed by atoms with Crippen LogP contribution < -0.4 is 4.90 Å². The highest BCUT2D eigenvalue weighted by Crippen LogP contribution is 2.32. The van der Waals surface area contributed by atoms with Crippen molar-refractivity contribution in [2.24, 2.45) is 0 Å². The van der Waals surface area contributed by atoms with Gasteiger partial charge >= 0.3 is 0 Å². The second-order valence-electron chi connectivity index (χ2n) is 7.69. The Labute approximate surface area is 187 Å². The molecule has 0 aliphatic carbocycles. The van der Waals surface area contributed by atoms with Crippen LogP contribution in [0.5, 0.6) is 0 Å². The molecule has 162 valence electrons. The van der Waals surface area contributed by atoms with E-state index in [1.54, 1.807) is 28.0 Å². The standard InChI is InChI=1S/C22H25N5O2S2/c1-2-8-31(28,29)27-13-18-9-17(11-23)5-6-22(18)26(14-19-12-24-16-25-19)15-20(27)10-21-4-3-7-30-21/h3-7,9,12,16,20H,2,8,10,13-15H2,1H3,(H,24,25)/t20-/m1/s1. The maximum Gasteiger partial charge on any atom is 0.214 e. The Hall–Kier alpha value is -2.67. The maximum atomic E-state index is 13.3. The third-order valence-electron chi connectivity index (χ3n) is 5.46. The summed E-state index contributed by atoms with van der Waals surface area (Å²) in [6.07, 6.45) is 4.71. The fourth-order valence-electron chi connectivity index (χ4n) is 4.08. The zero-order chi connectivity index (χ0) is 21.8. The van der Waals surface area contributed by atoms with E-state index < -0.39 is 10.0 Å². The van der Waals surface area contributed by atoms with Gasteiger partial charge < -0.3 is 9.88 Å². The Kier molecular flexibility index (Phi) is 6.41. The van der Waals surface area contributed by atoms with Crippen LogP contribution in [0, 0.1) is 11.3 Å². The molecule has 0 bridgehead atoms. The molecule has 3 aromatic rings. The molecule has 1 N–H and O–H groups in total. The van der Waals surface area contributed by atoms with Gasteiger partial charge in [0.1, 0.15) is 0 Å². The van der Waals surface area contributed by atoms with Crippen molar-refractivity contribution in [2.75, 3.05) is 17.2 Å². The lowest BCUT2D eigenvalue weighted by Gasteiger charge is -2.31. The van der Waals surface area contributed by atoms with Crippen LogP contribution in [0.25, 0.3) is 0 Å². The van der Waals surface area contributed by atoms with E-state index >= 15 is 0 Å². The van der Waals surface area contributed by atoms with Crippen molar-refractivity contribution in [1.82, 2.24) is 14.3 Å². The molecular weight excluding hydrogens is 430 g/mol. The molecule has 1 aromatic carbocycles. The number of sulfonamides is 1. The lowest BCUT2D eigenvalue weighted by Crippen LogP contribution is -2.46. The first-order chi connectivity index (χ1) is 15.0. The Balaban J connectivity index is 1.78. The van der Waals surface area contributed by atoms with E-state index in [0.29, 0.717) is 31.5 Å². The first-order valence-electron chi connectivity index (χ1n) is 10.3. The third kappa shape index (κ3) is 4.82. The average molecular weight is 456 g/mol. The third-order valence-corrected chi connectivity index (χ3v) is 8.42. The molecule has 1 aliphatic rings. The predicted octanol–water partition coefficient (Wildman–Crippen LogP) is 3.52.